The van der Waals surface area contributed by atoms with E-state index in [0.717, 1.165) is 30.7 Å². The zero-order chi connectivity index (χ0) is 14.8. The molecule has 1 heterocycles. The van der Waals surface area contributed by atoms with E-state index in [-0.39, 0.29) is 11.3 Å². The summed E-state index contributed by atoms with van der Waals surface area (Å²) < 4.78 is 0. The second-order valence-corrected chi connectivity index (χ2v) is 7.79. The molecule has 1 aromatic carbocycles. The lowest BCUT2D eigenvalue weighted by Gasteiger charge is -2.30. The molecule has 0 aromatic heterocycles. The van der Waals surface area contributed by atoms with Crippen LogP contribution in [0.25, 0.3) is 0 Å². The lowest BCUT2D eigenvalue weighted by Crippen LogP contribution is -2.36. The number of amides is 1. The molecule has 0 radical (unpaired) electrons. The first-order valence-electron chi connectivity index (χ1n) is 7.54. The van der Waals surface area contributed by atoms with Gasteiger partial charge in [-0.25, -0.2) is 0 Å². The molecule has 21 heavy (non-hydrogen) atoms. The van der Waals surface area contributed by atoms with Gasteiger partial charge < -0.3 is 4.90 Å². The largest absolute Gasteiger partial charge is 0.325 e. The number of rotatable bonds is 2. The first-order valence-corrected chi connectivity index (χ1v) is 9.34. The second-order valence-electron chi connectivity index (χ2n) is 5.76. The van der Waals surface area contributed by atoms with Crippen molar-refractivity contribution in [1.82, 2.24) is 4.90 Å². The Morgan fingerprint density at radius 2 is 1.95 bits per heavy atom. The molecule has 1 atom stereocenters. The van der Waals surface area contributed by atoms with Crippen LogP contribution in [0.2, 0.25) is 10.0 Å². The Morgan fingerprint density at radius 3 is 2.67 bits per heavy atom. The number of hydrogen-bond donors (Lipinski definition) is 0. The zero-order valence-corrected chi connectivity index (χ0v) is 14.2. The van der Waals surface area contributed by atoms with Crippen molar-refractivity contribution in [1.29, 1.82) is 0 Å². The lowest BCUT2D eigenvalue weighted by molar-refractivity contribution is -0.136. The van der Waals surface area contributed by atoms with Gasteiger partial charge in [0.15, 0.2) is 0 Å². The van der Waals surface area contributed by atoms with Crippen LogP contribution in [0.5, 0.6) is 0 Å². The van der Waals surface area contributed by atoms with Crippen LogP contribution in [0.1, 0.15) is 43.0 Å². The molecular formula is C16H19Cl2NOS. The summed E-state index contributed by atoms with van der Waals surface area (Å²) in [6.07, 6.45) is 5.72. The van der Waals surface area contributed by atoms with Gasteiger partial charge in [0.25, 0.3) is 0 Å². The first-order chi connectivity index (χ1) is 10.2. The van der Waals surface area contributed by atoms with E-state index in [2.05, 4.69) is 0 Å². The first kappa shape index (κ1) is 15.5. The average molecular weight is 344 g/mol. The van der Waals surface area contributed by atoms with Gasteiger partial charge in [-0.2, -0.15) is 0 Å². The van der Waals surface area contributed by atoms with E-state index in [0.29, 0.717) is 16.0 Å². The number of thioether (sulfide) groups is 1. The number of hydrogen-bond acceptors (Lipinski definition) is 2. The van der Waals surface area contributed by atoms with Crippen LogP contribution in [0.15, 0.2) is 18.2 Å². The van der Waals surface area contributed by atoms with Gasteiger partial charge in [-0.1, -0.05) is 48.5 Å². The molecule has 1 aliphatic heterocycles. The maximum atomic E-state index is 12.8. The van der Waals surface area contributed by atoms with Gasteiger partial charge in [-0.05, 0) is 25.0 Å². The van der Waals surface area contributed by atoms with Crippen molar-refractivity contribution in [3.63, 3.8) is 0 Å². The number of carbonyl (C=O) groups excluding carboxylic acids is 1. The van der Waals surface area contributed by atoms with Crippen molar-refractivity contribution in [3.8, 4) is 0 Å². The summed E-state index contributed by atoms with van der Waals surface area (Å²) in [5.41, 5.74) is 1.01. The fourth-order valence-electron chi connectivity index (χ4n) is 3.24. The van der Waals surface area contributed by atoms with Gasteiger partial charge in [0.1, 0.15) is 5.37 Å². The van der Waals surface area contributed by atoms with E-state index in [4.69, 9.17) is 23.2 Å². The van der Waals surface area contributed by atoms with Crippen LogP contribution in [0, 0.1) is 5.92 Å². The zero-order valence-electron chi connectivity index (χ0n) is 11.9. The predicted molar refractivity (Wildman–Crippen MR) is 89.9 cm³/mol. The van der Waals surface area contributed by atoms with Crippen molar-refractivity contribution in [3.05, 3.63) is 33.8 Å². The van der Waals surface area contributed by atoms with E-state index in [1.807, 2.05) is 17.0 Å². The minimum atomic E-state index is 0.0455. The highest BCUT2D eigenvalue weighted by molar-refractivity contribution is 7.99. The maximum absolute atomic E-state index is 12.8. The number of halogens is 2. The Kier molecular flexibility index (Phi) is 5.03. The molecule has 5 heteroatoms. The van der Waals surface area contributed by atoms with E-state index in [9.17, 15) is 4.79 Å². The quantitative estimate of drug-likeness (QED) is 0.740. The summed E-state index contributed by atoms with van der Waals surface area (Å²) in [5, 5.41) is 1.34. The third-order valence-electron chi connectivity index (χ3n) is 4.36. The third kappa shape index (κ3) is 3.35. The Bertz CT molecular complexity index is 531. The van der Waals surface area contributed by atoms with E-state index in [1.54, 1.807) is 17.8 Å². The predicted octanol–water partition coefficient (Wildman–Crippen LogP) is 5.15. The highest BCUT2D eigenvalue weighted by Crippen LogP contribution is 2.43. The summed E-state index contributed by atoms with van der Waals surface area (Å²) in [4.78, 5) is 14.8. The topological polar surface area (TPSA) is 20.3 Å². The maximum Gasteiger partial charge on any atom is 0.226 e. The molecule has 2 nitrogen and oxygen atoms in total. The Hall–Kier alpha value is -0.380. The molecule has 0 bridgehead atoms. The monoisotopic (exact) mass is 343 g/mol. The van der Waals surface area contributed by atoms with E-state index >= 15 is 0 Å². The van der Waals surface area contributed by atoms with E-state index < -0.39 is 0 Å². The van der Waals surface area contributed by atoms with Gasteiger partial charge in [-0.15, -0.1) is 11.8 Å². The van der Waals surface area contributed by atoms with Crippen molar-refractivity contribution in [2.45, 2.75) is 37.5 Å². The molecule has 3 rings (SSSR count). The van der Waals surface area contributed by atoms with Gasteiger partial charge in [0, 0.05) is 33.8 Å². The normalized spacial score (nSPS) is 23.5. The molecule has 1 amide bonds. The van der Waals surface area contributed by atoms with Crippen LogP contribution in [0.3, 0.4) is 0 Å². The minimum Gasteiger partial charge on any atom is -0.325 e. The minimum absolute atomic E-state index is 0.0455. The Labute approximate surface area is 140 Å². The summed E-state index contributed by atoms with van der Waals surface area (Å²) in [7, 11) is 0. The molecule has 0 N–H and O–H groups in total. The van der Waals surface area contributed by atoms with Gasteiger partial charge >= 0.3 is 0 Å². The van der Waals surface area contributed by atoms with Gasteiger partial charge in [0.2, 0.25) is 5.91 Å². The van der Waals surface area contributed by atoms with Crippen molar-refractivity contribution in [2.24, 2.45) is 5.92 Å². The second kappa shape index (κ2) is 6.80. The lowest BCUT2D eigenvalue weighted by atomic mass is 9.88. The molecule has 1 saturated carbocycles. The highest BCUT2D eigenvalue weighted by Gasteiger charge is 2.35. The summed E-state index contributed by atoms with van der Waals surface area (Å²) in [6, 6.07) is 5.57. The average Bonchev–Trinajstić information content (AvgIpc) is 2.96. The van der Waals surface area contributed by atoms with Crippen LogP contribution >= 0.6 is 35.0 Å². The van der Waals surface area contributed by atoms with Crippen molar-refractivity contribution < 1.29 is 4.79 Å². The SMILES string of the molecule is O=C(C1CCCCC1)N1CCS[C@H]1c1ccc(Cl)cc1Cl. The van der Waals surface area contributed by atoms with Crippen LogP contribution in [-0.4, -0.2) is 23.1 Å². The molecule has 1 aliphatic carbocycles. The highest BCUT2D eigenvalue weighted by atomic mass is 35.5. The Balaban J connectivity index is 1.80. The molecular weight excluding hydrogens is 325 g/mol. The molecule has 2 aliphatic rings. The van der Waals surface area contributed by atoms with Crippen LogP contribution < -0.4 is 0 Å². The molecule has 2 fully saturated rings. The summed E-state index contributed by atoms with van der Waals surface area (Å²) >= 11 is 14.1. The van der Waals surface area contributed by atoms with Gasteiger partial charge in [-0.3, -0.25) is 4.79 Å². The van der Waals surface area contributed by atoms with Crippen LogP contribution in [-0.2, 0) is 4.79 Å². The number of carbonyl (C=O) groups is 1. The van der Waals surface area contributed by atoms with Crippen molar-refractivity contribution in [2.75, 3.05) is 12.3 Å². The van der Waals surface area contributed by atoms with Crippen molar-refractivity contribution >= 4 is 40.9 Å². The third-order valence-corrected chi connectivity index (χ3v) is 6.16. The standard InChI is InChI=1S/C16H19Cl2NOS/c17-12-6-7-13(14(18)10-12)16-19(8-9-21-16)15(20)11-4-2-1-3-5-11/h6-7,10-11,16H,1-5,8-9H2/t16-/m0/s1. The number of nitrogens with zero attached hydrogens (tertiary/aromatic N) is 1. The van der Waals surface area contributed by atoms with Crippen LogP contribution in [0.4, 0.5) is 0 Å². The fourth-order valence-corrected chi connectivity index (χ4v) is 5.12. The number of benzene rings is 1. The smallest absolute Gasteiger partial charge is 0.226 e. The Morgan fingerprint density at radius 1 is 1.19 bits per heavy atom. The van der Waals surface area contributed by atoms with E-state index in [1.165, 1.54) is 19.3 Å². The molecule has 1 aromatic rings. The summed E-state index contributed by atoms with van der Waals surface area (Å²) in [6.45, 7) is 0.823. The molecule has 0 unspecified atom stereocenters. The molecule has 114 valence electrons. The molecule has 1 saturated heterocycles. The summed E-state index contributed by atoms with van der Waals surface area (Å²) in [5.74, 6) is 1.50. The van der Waals surface area contributed by atoms with Gasteiger partial charge in [0.05, 0.1) is 0 Å². The molecule has 0 spiro atoms. The fraction of sp³-hybridized carbons (Fsp3) is 0.562.